The Hall–Kier alpha value is -2.60. The van der Waals surface area contributed by atoms with Crippen LogP contribution in [0.1, 0.15) is 16.1 Å². The van der Waals surface area contributed by atoms with Crippen molar-refractivity contribution in [3.63, 3.8) is 0 Å². The van der Waals surface area contributed by atoms with Gasteiger partial charge in [-0.1, -0.05) is 6.07 Å². The lowest BCUT2D eigenvalue weighted by atomic mass is 10.2. The Labute approximate surface area is 113 Å². The largest absolute Gasteiger partial charge is 0.459 e. The molecule has 3 aromatic rings. The van der Waals surface area contributed by atoms with Crippen LogP contribution in [0.3, 0.4) is 0 Å². The van der Waals surface area contributed by atoms with Crippen molar-refractivity contribution >= 4 is 16.8 Å². The van der Waals surface area contributed by atoms with Gasteiger partial charge in [-0.15, -0.1) is 0 Å². The zero-order valence-corrected chi connectivity index (χ0v) is 10.5. The zero-order valence-electron chi connectivity index (χ0n) is 10.5. The number of aromatic nitrogens is 1. The molecule has 0 bridgehead atoms. The third kappa shape index (κ3) is 1.96. The van der Waals surface area contributed by atoms with Crippen LogP contribution in [0.5, 0.6) is 0 Å². The fourth-order valence-corrected chi connectivity index (χ4v) is 2.23. The molecule has 0 unspecified atom stereocenters. The van der Waals surface area contributed by atoms with Crippen molar-refractivity contribution < 1.29 is 13.6 Å². The predicted octanol–water partition coefficient (Wildman–Crippen LogP) is 2.03. The molecule has 20 heavy (non-hydrogen) atoms. The number of rotatable bonds is 3. The highest BCUT2D eigenvalue weighted by Crippen LogP contribution is 2.21. The number of furan rings is 1. The first kappa shape index (κ1) is 12.4. The molecule has 2 heterocycles. The van der Waals surface area contributed by atoms with Gasteiger partial charge in [0.2, 0.25) is 0 Å². The SMILES string of the molecule is NNC(=O)c1occc1Cn1ccc2c(F)cccc21. The Morgan fingerprint density at radius 2 is 2.20 bits per heavy atom. The highest BCUT2D eigenvalue weighted by molar-refractivity contribution is 5.92. The highest BCUT2D eigenvalue weighted by atomic mass is 19.1. The number of hydrogen-bond acceptors (Lipinski definition) is 3. The molecule has 1 aromatic carbocycles. The van der Waals surface area contributed by atoms with Crippen molar-refractivity contribution in [3.8, 4) is 0 Å². The Bertz CT molecular complexity index is 776. The summed E-state index contributed by atoms with van der Waals surface area (Å²) in [6.45, 7) is 0.395. The van der Waals surface area contributed by atoms with Gasteiger partial charge < -0.3 is 8.98 Å². The van der Waals surface area contributed by atoms with Gasteiger partial charge in [0.15, 0.2) is 5.76 Å². The Kier molecular flexibility index (Phi) is 3.00. The molecule has 0 fully saturated rings. The molecule has 0 aliphatic rings. The van der Waals surface area contributed by atoms with Crippen LogP contribution in [0.15, 0.2) is 47.2 Å². The molecule has 0 spiro atoms. The van der Waals surface area contributed by atoms with Gasteiger partial charge in [-0.05, 0) is 24.3 Å². The summed E-state index contributed by atoms with van der Waals surface area (Å²) >= 11 is 0. The van der Waals surface area contributed by atoms with E-state index in [1.54, 1.807) is 24.4 Å². The molecule has 2 aromatic heterocycles. The van der Waals surface area contributed by atoms with Crippen LogP contribution >= 0.6 is 0 Å². The molecule has 0 aliphatic heterocycles. The molecule has 0 saturated heterocycles. The number of carbonyl (C=O) groups excluding carboxylic acids is 1. The van der Waals surface area contributed by atoms with E-state index in [1.807, 2.05) is 16.1 Å². The first-order valence-electron chi connectivity index (χ1n) is 6.01. The average molecular weight is 273 g/mol. The maximum absolute atomic E-state index is 13.6. The van der Waals surface area contributed by atoms with E-state index in [0.29, 0.717) is 17.5 Å². The van der Waals surface area contributed by atoms with Crippen LogP contribution in [-0.4, -0.2) is 10.5 Å². The Morgan fingerprint density at radius 1 is 1.35 bits per heavy atom. The van der Waals surface area contributed by atoms with E-state index in [1.165, 1.54) is 12.3 Å². The molecule has 0 radical (unpaired) electrons. The van der Waals surface area contributed by atoms with Gasteiger partial charge >= 0.3 is 5.91 Å². The second-order valence-corrected chi connectivity index (χ2v) is 4.36. The molecule has 6 heteroatoms. The van der Waals surface area contributed by atoms with E-state index in [0.717, 1.165) is 5.52 Å². The quantitative estimate of drug-likeness (QED) is 0.435. The lowest BCUT2D eigenvalue weighted by Crippen LogP contribution is -2.30. The molecular weight excluding hydrogens is 261 g/mol. The number of benzene rings is 1. The summed E-state index contributed by atoms with van der Waals surface area (Å²) in [5.74, 6) is 4.50. The van der Waals surface area contributed by atoms with Crippen LogP contribution < -0.4 is 11.3 Å². The standard InChI is InChI=1S/C14H12FN3O2/c15-11-2-1-3-12-10(11)4-6-18(12)8-9-5-7-20-13(9)14(19)17-16/h1-7H,8,16H2,(H,17,19). The van der Waals surface area contributed by atoms with Crippen molar-refractivity contribution in [3.05, 3.63) is 59.9 Å². The van der Waals surface area contributed by atoms with Crippen LogP contribution in [0.2, 0.25) is 0 Å². The summed E-state index contributed by atoms with van der Waals surface area (Å²) in [5, 5.41) is 0.542. The number of hydrazine groups is 1. The minimum atomic E-state index is -0.493. The van der Waals surface area contributed by atoms with E-state index in [9.17, 15) is 9.18 Å². The van der Waals surface area contributed by atoms with Gasteiger partial charge in [0, 0.05) is 17.1 Å². The van der Waals surface area contributed by atoms with Crippen LogP contribution in [0, 0.1) is 5.82 Å². The van der Waals surface area contributed by atoms with Gasteiger partial charge in [0.1, 0.15) is 5.82 Å². The van der Waals surface area contributed by atoms with E-state index < -0.39 is 5.91 Å². The monoisotopic (exact) mass is 273 g/mol. The maximum Gasteiger partial charge on any atom is 0.301 e. The van der Waals surface area contributed by atoms with Gasteiger partial charge in [-0.25, -0.2) is 10.2 Å². The molecular formula is C14H12FN3O2. The van der Waals surface area contributed by atoms with Crippen molar-refractivity contribution in [1.82, 2.24) is 9.99 Å². The number of nitrogen functional groups attached to an aromatic ring is 1. The average Bonchev–Trinajstić information content (AvgIpc) is 3.07. The smallest absolute Gasteiger partial charge is 0.301 e. The first-order valence-corrected chi connectivity index (χ1v) is 6.01. The number of carbonyl (C=O) groups is 1. The summed E-state index contributed by atoms with van der Waals surface area (Å²) in [5.41, 5.74) is 3.46. The zero-order chi connectivity index (χ0) is 14.1. The van der Waals surface area contributed by atoms with Crippen LogP contribution in [0.4, 0.5) is 4.39 Å². The molecule has 3 rings (SSSR count). The molecule has 0 saturated carbocycles. The fraction of sp³-hybridized carbons (Fsp3) is 0.0714. The van der Waals surface area contributed by atoms with E-state index in [-0.39, 0.29) is 11.6 Å². The third-order valence-corrected chi connectivity index (χ3v) is 3.19. The second kappa shape index (κ2) is 4.82. The maximum atomic E-state index is 13.6. The summed E-state index contributed by atoms with van der Waals surface area (Å²) in [7, 11) is 0. The molecule has 3 N–H and O–H groups in total. The molecule has 1 amide bonds. The van der Waals surface area contributed by atoms with Gasteiger partial charge in [0.25, 0.3) is 0 Å². The lowest BCUT2D eigenvalue weighted by Gasteiger charge is -2.05. The van der Waals surface area contributed by atoms with Gasteiger partial charge in [-0.3, -0.25) is 10.2 Å². The summed E-state index contributed by atoms with van der Waals surface area (Å²) in [6, 6.07) is 8.28. The van der Waals surface area contributed by atoms with Crippen molar-refractivity contribution in [2.45, 2.75) is 6.54 Å². The number of amides is 1. The fourth-order valence-electron chi connectivity index (χ4n) is 2.23. The number of fused-ring (bicyclic) bond motifs is 1. The van der Waals surface area contributed by atoms with Gasteiger partial charge in [-0.2, -0.15) is 0 Å². The lowest BCUT2D eigenvalue weighted by molar-refractivity contribution is 0.0924. The van der Waals surface area contributed by atoms with Crippen molar-refractivity contribution in [1.29, 1.82) is 0 Å². The first-order chi connectivity index (χ1) is 9.70. The van der Waals surface area contributed by atoms with Crippen molar-refractivity contribution in [2.75, 3.05) is 0 Å². The summed E-state index contributed by atoms with van der Waals surface area (Å²) < 4.78 is 20.6. The minimum Gasteiger partial charge on any atom is -0.459 e. The Morgan fingerprint density at radius 3 is 3.00 bits per heavy atom. The number of nitrogens with zero attached hydrogens (tertiary/aromatic N) is 1. The number of nitrogens with two attached hydrogens (primary N) is 1. The molecule has 0 aliphatic carbocycles. The minimum absolute atomic E-state index is 0.158. The molecule has 5 nitrogen and oxygen atoms in total. The van der Waals surface area contributed by atoms with Crippen molar-refractivity contribution in [2.24, 2.45) is 5.84 Å². The highest BCUT2D eigenvalue weighted by Gasteiger charge is 2.15. The van der Waals surface area contributed by atoms with E-state index in [4.69, 9.17) is 10.3 Å². The second-order valence-electron chi connectivity index (χ2n) is 4.36. The summed E-state index contributed by atoms with van der Waals surface area (Å²) in [6.07, 6.45) is 3.19. The van der Waals surface area contributed by atoms with Crippen LogP contribution in [-0.2, 0) is 6.54 Å². The number of nitrogens with one attached hydrogen (secondary N) is 1. The number of halogens is 1. The van der Waals surface area contributed by atoms with E-state index >= 15 is 0 Å². The van der Waals surface area contributed by atoms with E-state index in [2.05, 4.69) is 0 Å². The topological polar surface area (TPSA) is 73.2 Å². The Balaban J connectivity index is 2.00. The third-order valence-electron chi connectivity index (χ3n) is 3.19. The molecule has 0 atom stereocenters. The van der Waals surface area contributed by atoms with Crippen LogP contribution in [0.25, 0.3) is 10.9 Å². The predicted molar refractivity (Wildman–Crippen MR) is 71.4 cm³/mol. The normalized spacial score (nSPS) is 10.9. The number of hydrogen-bond donors (Lipinski definition) is 2. The molecule has 102 valence electrons. The van der Waals surface area contributed by atoms with Gasteiger partial charge in [0.05, 0.1) is 18.3 Å². The summed E-state index contributed by atoms with van der Waals surface area (Å²) in [4.78, 5) is 11.5.